The molecule has 10 heteroatoms. The number of aliphatic hydroxyl groups excluding tert-OH is 3. The largest absolute Gasteiger partial charge is 0.462 e. The Kier molecular flexibility index (Phi) is 15.9. The quantitative estimate of drug-likeness (QED) is 0.0800. The first-order chi connectivity index (χ1) is 20.0. The van der Waals surface area contributed by atoms with Crippen molar-refractivity contribution in [2.75, 3.05) is 0 Å². The lowest BCUT2D eigenvalue weighted by molar-refractivity contribution is -0.154. The summed E-state index contributed by atoms with van der Waals surface area (Å²) in [7, 11) is 0. The molecular formula is C33H50O10. The van der Waals surface area contributed by atoms with Crippen molar-refractivity contribution in [3.8, 4) is 0 Å². The number of carbonyl (C=O) groups excluding carboxylic acids is 5. The molecule has 0 saturated carbocycles. The Labute approximate surface area is 255 Å². The summed E-state index contributed by atoms with van der Waals surface area (Å²) in [4.78, 5) is 60.6. The fourth-order valence-corrected chi connectivity index (χ4v) is 5.10. The van der Waals surface area contributed by atoms with Gasteiger partial charge in [-0.1, -0.05) is 47.3 Å². The van der Waals surface area contributed by atoms with E-state index < -0.39 is 60.6 Å². The Morgan fingerprint density at radius 1 is 0.907 bits per heavy atom. The number of rotatable bonds is 20. The molecule has 0 saturated heterocycles. The molecule has 0 amide bonds. The molecule has 1 rings (SSSR count). The van der Waals surface area contributed by atoms with Crippen LogP contribution in [0.15, 0.2) is 35.5 Å². The highest BCUT2D eigenvalue weighted by Crippen LogP contribution is 2.25. The summed E-state index contributed by atoms with van der Waals surface area (Å²) in [6.45, 7) is 15.8. The van der Waals surface area contributed by atoms with Gasteiger partial charge in [-0.15, -0.1) is 0 Å². The zero-order valence-electron chi connectivity index (χ0n) is 26.6. The van der Waals surface area contributed by atoms with E-state index in [2.05, 4.69) is 18.2 Å². The summed E-state index contributed by atoms with van der Waals surface area (Å²) in [5.74, 6) is -3.91. The molecule has 1 aliphatic heterocycles. The van der Waals surface area contributed by atoms with Crippen LogP contribution in [-0.2, 0) is 33.4 Å². The fraction of sp³-hybridized carbons (Fsp3) is 0.667. The van der Waals surface area contributed by atoms with Crippen LogP contribution in [0.2, 0.25) is 0 Å². The van der Waals surface area contributed by atoms with Crippen LogP contribution in [-0.4, -0.2) is 69.2 Å². The van der Waals surface area contributed by atoms with E-state index in [4.69, 9.17) is 4.74 Å². The van der Waals surface area contributed by atoms with Gasteiger partial charge in [0.05, 0.1) is 30.3 Å². The highest BCUT2D eigenvalue weighted by Gasteiger charge is 2.36. The number of hydrogen-bond acceptors (Lipinski definition) is 10. The van der Waals surface area contributed by atoms with Crippen molar-refractivity contribution in [3.63, 3.8) is 0 Å². The van der Waals surface area contributed by atoms with Gasteiger partial charge < -0.3 is 24.8 Å². The third kappa shape index (κ3) is 12.3. The van der Waals surface area contributed by atoms with Crippen molar-refractivity contribution in [2.24, 2.45) is 23.7 Å². The minimum absolute atomic E-state index is 0.0736. The first kappa shape index (κ1) is 38.1. The molecule has 0 spiro atoms. The standard InChI is InChI=1S/C33H50O10/c1-9-24(10-2)15-25(34)14-19(4)13-18(3)11-12-26(35)21(6)28(37)16-27(36)20(5)23(8)42-30(39)17-29(38)31-22(7)32(40)43-33(31)41/h9,15,18-21,23,26-27,29,35-36,38H,1,10-14,16-17H2,2-8H3/b24-15-/t18-,19+,20+,21-,23+,26-,27?,29+/m0/s1. The second-order valence-corrected chi connectivity index (χ2v) is 12.1. The number of cyclic esters (lactones) is 2. The summed E-state index contributed by atoms with van der Waals surface area (Å²) >= 11 is 0. The lowest BCUT2D eigenvalue weighted by Crippen LogP contribution is -2.36. The van der Waals surface area contributed by atoms with Gasteiger partial charge in [-0.05, 0) is 63.0 Å². The molecule has 0 aromatic rings. The van der Waals surface area contributed by atoms with Crippen LogP contribution in [0.4, 0.5) is 0 Å². The van der Waals surface area contributed by atoms with E-state index in [0.29, 0.717) is 19.3 Å². The summed E-state index contributed by atoms with van der Waals surface area (Å²) < 4.78 is 9.71. The van der Waals surface area contributed by atoms with Gasteiger partial charge in [-0.3, -0.25) is 14.4 Å². The zero-order chi connectivity index (χ0) is 33.0. The molecule has 0 aromatic carbocycles. The Hall–Kier alpha value is -2.95. The predicted molar refractivity (Wildman–Crippen MR) is 160 cm³/mol. The van der Waals surface area contributed by atoms with Gasteiger partial charge in [-0.25, -0.2) is 9.59 Å². The van der Waals surface area contributed by atoms with E-state index in [1.165, 1.54) is 13.8 Å². The third-order valence-electron chi connectivity index (χ3n) is 8.30. The monoisotopic (exact) mass is 606 g/mol. The van der Waals surface area contributed by atoms with Gasteiger partial charge in [-0.2, -0.15) is 0 Å². The highest BCUT2D eigenvalue weighted by atomic mass is 16.6. The number of allylic oxidation sites excluding steroid dienone is 3. The fourth-order valence-electron chi connectivity index (χ4n) is 5.10. The lowest BCUT2D eigenvalue weighted by atomic mass is 9.85. The maximum atomic E-state index is 12.8. The van der Waals surface area contributed by atoms with Crippen molar-refractivity contribution in [1.82, 2.24) is 0 Å². The molecule has 1 aliphatic rings. The van der Waals surface area contributed by atoms with Gasteiger partial charge in [0.1, 0.15) is 11.9 Å². The summed E-state index contributed by atoms with van der Waals surface area (Å²) in [6, 6.07) is 0. The van der Waals surface area contributed by atoms with Gasteiger partial charge in [0.25, 0.3) is 0 Å². The molecular weight excluding hydrogens is 556 g/mol. The molecule has 1 heterocycles. The van der Waals surface area contributed by atoms with Crippen molar-refractivity contribution in [1.29, 1.82) is 0 Å². The van der Waals surface area contributed by atoms with E-state index in [0.717, 1.165) is 18.4 Å². The third-order valence-corrected chi connectivity index (χ3v) is 8.30. The molecule has 0 radical (unpaired) electrons. The van der Waals surface area contributed by atoms with Crippen LogP contribution in [0.25, 0.3) is 0 Å². The van der Waals surface area contributed by atoms with E-state index in [-0.39, 0.29) is 41.0 Å². The van der Waals surface area contributed by atoms with E-state index in [9.17, 15) is 39.3 Å². The average molecular weight is 607 g/mol. The minimum atomic E-state index is -1.58. The Bertz CT molecular complexity index is 1090. The second kappa shape index (κ2) is 18.0. The van der Waals surface area contributed by atoms with E-state index in [1.807, 2.05) is 13.8 Å². The maximum Gasteiger partial charge on any atom is 0.345 e. The Morgan fingerprint density at radius 3 is 2.07 bits per heavy atom. The topological polar surface area (TPSA) is 164 Å². The summed E-state index contributed by atoms with van der Waals surface area (Å²) in [5.41, 5.74) is 0.552. The predicted octanol–water partition coefficient (Wildman–Crippen LogP) is 3.95. The van der Waals surface area contributed by atoms with Gasteiger partial charge in [0.15, 0.2) is 5.78 Å². The Morgan fingerprint density at radius 2 is 1.53 bits per heavy atom. The molecule has 0 aliphatic carbocycles. The van der Waals surface area contributed by atoms with Crippen LogP contribution < -0.4 is 0 Å². The molecule has 8 atom stereocenters. The molecule has 10 nitrogen and oxygen atoms in total. The second-order valence-electron chi connectivity index (χ2n) is 12.1. The lowest BCUT2D eigenvalue weighted by Gasteiger charge is -2.27. The van der Waals surface area contributed by atoms with Crippen LogP contribution in [0.5, 0.6) is 0 Å². The maximum absolute atomic E-state index is 12.8. The SMILES string of the molecule is C=C/C(=C/C(=O)C[C@H](C)C[C@@H](C)CC[C@H](O)[C@H](C)C(=O)CC(O)[C@H](C)[C@@H](C)OC(=O)C[C@@H](O)C1=C(C)C(=O)OC1=O)CC. The number of Topliss-reactive ketones (excluding diaryl/α,β-unsaturated/α-hetero) is 1. The average Bonchev–Trinajstić information content (AvgIpc) is 3.19. The van der Waals surface area contributed by atoms with Crippen LogP contribution in [0.3, 0.4) is 0 Å². The summed E-state index contributed by atoms with van der Waals surface area (Å²) in [5, 5.41) is 31.5. The molecule has 242 valence electrons. The number of hydrogen-bond donors (Lipinski definition) is 3. The van der Waals surface area contributed by atoms with E-state index >= 15 is 0 Å². The molecule has 0 aromatic heterocycles. The number of ketones is 2. The molecule has 1 unspecified atom stereocenters. The van der Waals surface area contributed by atoms with Crippen molar-refractivity contribution < 1.29 is 48.8 Å². The van der Waals surface area contributed by atoms with Crippen molar-refractivity contribution in [3.05, 3.63) is 35.5 Å². The molecule has 43 heavy (non-hydrogen) atoms. The normalized spacial score (nSPS) is 19.5. The molecule has 0 bridgehead atoms. The highest BCUT2D eigenvalue weighted by molar-refractivity contribution is 6.12. The first-order valence-electron chi connectivity index (χ1n) is 15.1. The van der Waals surface area contributed by atoms with Crippen molar-refractivity contribution in [2.45, 2.75) is 118 Å². The van der Waals surface area contributed by atoms with Crippen molar-refractivity contribution >= 4 is 29.5 Å². The van der Waals surface area contributed by atoms with Crippen LogP contribution in [0, 0.1) is 23.7 Å². The smallest absolute Gasteiger partial charge is 0.345 e. The van der Waals surface area contributed by atoms with Crippen LogP contribution >= 0.6 is 0 Å². The van der Waals surface area contributed by atoms with Gasteiger partial charge in [0.2, 0.25) is 0 Å². The number of carbonyl (C=O) groups is 5. The number of aliphatic hydroxyl groups is 3. The minimum Gasteiger partial charge on any atom is -0.462 e. The molecule has 3 N–H and O–H groups in total. The molecule has 0 fully saturated rings. The number of ether oxygens (including phenoxy) is 2. The zero-order valence-corrected chi connectivity index (χ0v) is 26.6. The van der Waals surface area contributed by atoms with Gasteiger partial charge >= 0.3 is 17.9 Å². The Balaban J connectivity index is 2.51. The van der Waals surface area contributed by atoms with E-state index in [1.54, 1.807) is 26.0 Å². The number of esters is 3. The summed E-state index contributed by atoms with van der Waals surface area (Å²) in [6.07, 6.45) is 1.16. The first-order valence-corrected chi connectivity index (χ1v) is 15.1. The van der Waals surface area contributed by atoms with Crippen LogP contribution in [0.1, 0.15) is 93.4 Å². The van der Waals surface area contributed by atoms with Gasteiger partial charge in [0, 0.05) is 30.3 Å².